The number of nitrogens with one attached hydrogen (secondary N) is 2. The minimum atomic E-state index is -4.62. The molecule has 4 aromatic rings. The van der Waals surface area contributed by atoms with Crippen molar-refractivity contribution in [2.24, 2.45) is 0 Å². The van der Waals surface area contributed by atoms with Gasteiger partial charge in [-0.25, -0.2) is 15.0 Å². The molecule has 2 aromatic carbocycles. The molecule has 0 unspecified atom stereocenters. The van der Waals surface area contributed by atoms with Crippen LogP contribution in [-0.4, -0.2) is 21.4 Å². The quantitative estimate of drug-likeness (QED) is 0.292. The summed E-state index contributed by atoms with van der Waals surface area (Å²) in [6.45, 7) is 0. The number of fused-ring (bicyclic) bond motifs is 1. The number of pyridine rings is 1. The van der Waals surface area contributed by atoms with E-state index in [-0.39, 0.29) is 27.4 Å². The number of carbonyl (C=O) groups is 1. The highest BCUT2D eigenvalue weighted by molar-refractivity contribution is 6.32. The van der Waals surface area contributed by atoms with Gasteiger partial charge < -0.3 is 9.72 Å². The zero-order valence-corrected chi connectivity index (χ0v) is 17.1. The Morgan fingerprint density at radius 2 is 2.00 bits per heavy atom. The summed E-state index contributed by atoms with van der Waals surface area (Å²) >= 11 is 6.28. The molecule has 2 heterocycles. The molecule has 0 saturated carbocycles. The van der Waals surface area contributed by atoms with Gasteiger partial charge in [0.1, 0.15) is 23.3 Å². The Morgan fingerprint density at radius 1 is 1.18 bits per heavy atom. The first-order valence-corrected chi connectivity index (χ1v) is 9.56. The minimum Gasteiger partial charge on any atom is -0.456 e. The van der Waals surface area contributed by atoms with E-state index in [0.717, 1.165) is 5.01 Å². The van der Waals surface area contributed by atoms with Crippen molar-refractivity contribution in [3.8, 4) is 17.6 Å². The SMILES string of the molecule is N#Cc1cc(Oc2ccc(NN(C=O)c3ccc4[nH]c(C(F)(F)F)nc4c3)cc2Cl)ccn1. The first-order valence-electron chi connectivity index (χ1n) is 9.18. The summed E-state index contributed by atoms with van der Waals surface area (Å²) in [5.74, 6) is -0.462. The van der Waals surface area contributed by atoms with E-state index in [0.29, 0.717) is 23.6 Å². The molecule has 1 amide bonds. The van der Waals surface area contributed by atoms with Crippen molar-refractivity contribution in [1.82, 2.24) is 15.0 Å². The lowest BCUT2D eigenvalue weighted by molar-refractivity contribution is -0.144. The van der Waals surface area contributed by atoms with E-state index in [1.165, 1.54) is 36.5 Å². The summed E-state index contributed by atoms with van der Waals surface area (Å²) in [5.41, 5.74) is 3.88. The van der Waals surface area contributed by atoms with Gasteiger partial charge in [0.05, 0.1) is 27.4 Å². The van der Waals surface area contributed by atoms with Crippen molar-refractivity contribution in [2.45, 2.75) is 6.18 Å². The average Bonchev–Trinajstić information content (AvgIpc) is 3.23. The van der Waals surface area contributed by atoms with Crippen molar-refractivity contribution in [1.29, 1.82) is 5.26 Å². The summed E-state index contributed by atoms with van der Waals surface area (Å²) in [6, 6.07) is 13.7. The second-order valence-corrected chi connectivity index (χ2v) is 7.01. The number of H-pyrrole nitrogens is 1. The summed E-state index contributed by atoms with van der Waals surface area (Å²) in [4.78, 5) is 21.2. The number of alkyl halides is 3. The minimum absolute atomic E-state index is 0.0457. The van der Waals surface area contributed by atoms with Crippen molar-refractivity contribution >= 4 is 40.4 Å². The lowest BCUT2D eigenvalue weighted by Gasteiger charge is -2.20. The Hall–Kier alpha value is -4.30. The van der Waals surface area contributed by atoms with Gasteiger partial charge >= 0.3 is 6.18 Å². The maximum Gasteiger partial charge on any atom is 0.449 e. The molecule has 8 nitrogen and oxygen atoms in total. The van der Waals surface area contributed by atoms with E-state index in [4.69, 9.17) is 21.6 Å². The van der Waals surface area contributed by atoms with E-state index in [1.54, 1.807) is 18.2 Å². The van der Waals surface area contributed by atoms with Crippen LogP contribution in [0.4, 0.5) is 24.5 Å². The first kappa shape index (κ1) is 21.9. The summed E-state index contributed by atoms with van der Waals surface area (Å²) in [5, 5.41) is 10.2. The Balaban J connectivity index is 1.54. The molecular formula is C21H12ClF3N6O2. The van der Waals surface area contributed by atoms with Gasteiger partial charge in [0.2, 0.25) is 12.2 Å². The number of hydrazine groups is 1. The van der Waals surface area contributed by atoms with Gasteiger partial charge in [-0.3, -0.25) is 10.2 Å². The van der Waals surface area contributed by atoms with Crippen LogP contribution in [0, 0.1) is 11.3 Å². The van der Waals surface area contributed by atoms with E-state index < -0.39 is 12.0 Å². The van der Waals surface area contributed by atoms with Gasteiger partial charge in [-0.05, 0) is 42.5 Å². The van der Waals surface area contributed by atoms with Gasteiger partial charge in [-0.1, -0.05) is 11.6 Å². The molecule has 0 aliphatic rings. The number of aromatic amines is 1. The number of aromatic nitrogens is 3. The normalized spacial score (nSPS) is 11.1. The second kappa shape index (κ2) is 8.68. The molecule has 12 heteroatoms. The van der Waals surface area contributed by atoms with Crippen LogP contribution in [0.5, 0.6) is 11.5 Å². The fourth-order valence-electron chi connectivity index (χ4n) is 2.89. The lowest BCUT2D eigenvalue weighted by atomic mass is 10.2. The third-order valence-corrected chi connectivity index (χ3v) is 4.67. The number of rotatable bonds is 6. The summed E-state index contributed by atoms with van der Waals surface area (Å²) in [6.07, 6.45) is -2.74. The fourth-order valence-corrected chi connectivity index (χ4v) is 3.10. The largest absolute Gasteiger partial charge is 0.456 e. The number of anilines is 2. The number of hydrogen-bond donors (Lipinski definition) is 2. The Bertz CT molecular complexity index is 1380. The molecule has 0 bridgehead atoms. The van der Waals surface area contributed by atoms with Gasteiger partial charge in [-0.15, -0.1) is 0 Å². The van der Waals surface area contributed by atoms with E-state index in [2.05, 4.69) is 20.4 Å². The van der Waals surface area contributed by atoms with Crippen LogP contribution in [0.3, 0.4) is 0 Å². The predicted octanol–water partition coefficient (Wildman–Crippen LogP) is 5.28. The molecular weight excluding hydrogens is 461 g/mol. The number of nitriles is 1. The van der Waals surface area contributed by atoms with Crippen LogP contribution in [-0.2, 0) is 11.0 Å². The molecule has 0 aliphatic carbocycles. The molecule has 0 atom stereocenters. The van der Waals surface area contributed by atoms with Crippen molar-refractivity contribution in [2.75, 3.05) is 10.4 Å². The predicted molar refractivity (Wildman–Crippen MR) is 114 cm³/mol. The maximum absolute atomic E-state index is 12.9. The standard InChI is InChI=1S/C21H12ClF3N6O2/c22-16-8-12(1-4-19(16)33-15-5-6-27-13(7-15)10-26)30-31(11-32)14-2-3-17-18(9-14)29-20(28-17)21(23,24)25/h1-9,11,30H,(H,28,29). The number of halogens is 4. The topological polar surface area (TPSA) is 107 Å². The molecule has 33 heavy (non-hydrogen) atoms. The van der Waals surface area contributed by atoms with E-state index in [9.17, 15) is 18.0 Å². The molecule has 2 aromatic heterocycles. The molecule has 0 spiro atoms. The number of ether oxygens (including phenoxy) is 1. The first-order chi connectivity index (χ1) is 15.8. The van der Waals surface area contributed by atoms with Crippen molar-refractivity contribution in [3.05, 3.63) is 71.3 Å². The van der Waals surface area contributed by atoms with Crippen molar-refractivity contribution < 1.29 is 22.7 Å². The molecule has 2 N–H and O–H groups in total. The Morgan fingerprint density at radius 3 is 2.70 bits per heavy atom. The van der Waals surface area contributed by atoms with Crippen LogP contribution in [0.2, 0.25) is 5.02 Å². The molecule has 4 rings (SSSR count). The zero-order valence-electron chi connectivity index (χ0n) is 16.4. The number of amides is 1. The van der Waals surface area contributed by atoms with Gasteiger partial charge in [-0.2, -0.15) is 18.4 Å². The molecule has 166 valence electrons. The van der Waals surface area contributed by atoms with Gasteiger partial charge in [0.25, 0.3) is 0 Å². The van der Waals surface area contributed by atoms with E-state index in [1.807, 2.05) is 6.07 Å². The lowest BCUT2D eigenvalue weighted by Crippen LogP contribution is -2.27. The molecule has 0 radical (unpaired) electrons. The molecule has 0 saturated heterocycles. The van der Waals surface area contributed by atoms with Gasteiger partial charge in [0, 0.05) is 12.3 Å². The number of hydrogen-bond acceptors (Lipinski definition) is 6. The van der Waals surface area contributed by atoms with Crippen LogP contribution in [0.25, 0.3) is 11.0 Å². The maximum atomic E-state index is 12.9. The average molecular weight is 473 g/mol. The number of carbonyl (C=O) groups excluding carboxylic acids is 1. The van der Waals surface area contributed by atoms with Crippen LogP contribution >= 0.6 is 11.6 Å². The third-order valence-electron chi connectivity index (χ3n) is 4.37. The number of benzene rings is 2. The summed E-state index contributed by atoms with van der Waals surface area (Å²) in [7, 11) is 0. The van der Waals surface area contributed by atoms with Crippen LogP contribution in [0.15, 0.2) is 54.7 Å². The number of imidazole rings is 1. The van der Waals surface area contributed by atoms with Crippen LogP contribution in [0.1, 0.15) is 11.5 Å². The smallest absolute Gasteiger partial charge is 0.449 e. The fraction of sp³-hybridized carbons (Fsp3) is 0.0476. The molecule has 0 fully saturated rings. The Labute approximate surface area is 189 Å². The third kappa shape index (κ3) is 4.81. The Kier molecular flexibility index (Phi) is 5.76. The highest BCUT2D eigenvalue weighted by Gasteiger charge is 2.34. The van der Waals surface area contributed by atoms with Crippen LogP contribution < -0.4 is 15.2 Å². The van der Waals surface area contributed by atoms with Crippen molar-refractivity contribution in [3.63, 3.8) is 0 Å². The second-order valence-electron chi connectivity index (χ2n) is 6.61. The highest BCUT2D eigenvalue weighted by atomic mass is 35.5. The number of nitrogens with zero attached hydrogens (tertiary/aromatic N) is 4. The van der Waals surface area contributed by atoms with Gasteiger partial charge in [0.15, 0.2) is 0 Å². The monoisotopic (exact) mass is 472 g/mol. The highest BCUT2D eigenvalue weighted by Crippen LogP contribution is 2.33. The van der Waals surface area contributed by atoms with E-state index >= 15 is 0 Å². The summed E-state index contributed by atoms with van der Waals surface area (Å²) < 4.78 is 44.3. The molecule has 0 aliphatic heterocycles. The zero-order chi connectivity index (χ0) is 23.6.